The molecule has 2 aliphatic rings. The molecule has 0 spiro atoms. The van der Waals surface area contributed by atoms with Gasteiger partial charge in [-0.2, -0.15) is 0 Å². The highest BCUT2D eigenvalue weighted by atomic mass is 16.5. The van der Waals surface area contributed by atoms with Gasteiger partial charge in [-0.25, -0.2) is 0 Å². The van der Waals surface area contributed by atoms with Crippen LogP contribution in [0.15, 0.2) is 54.6 Å². The van der Waals surface area contributed by atoms with Gasteiger partial charge in [-0.15, -0.1) is 0 Å². The Morgan fingerprint density at radius 3 is 2.23 bits per heavy atom. The van der Waals surface area contributed by atoms with Crippen LogP contribution >= 0.6 is 0 Å². The summed E-state index contributed by atoms with van der Waals surface area (Å²) in [6, 6.07) is 17.2. The summed E-state index contributed by atoms with van der Waals surface area (Å²) in [5, 5.41) is 6.31. The second kappa shape index (κ2) is 12.6. The van der Waals surface area contributed by atoms with Crippen LogP contribution in [0.2, 0.25) is 0 Å². The first kappa shape index (κ1) is 26.6. The van der Waals surface area contributed by atoms with Crippen molar-refractivity contribution in [1.29, 1.82) is 0 Å². The van der Waals surface area contributed by atoms with E-state index in [1.165, 1.54) is 18.4 Å². The average molecular weight is 479 g/mol. The molecular formula is C29H38N2O4. The molecule has 1 saturated heterocycles. The Morgan fingerprint density at radius 2 is 1.71 bits per heavy atom. The van der Waals surface area contributed by atoms with Gasteiger partial charge in [-0.1, -0.05) is 57.0 Å². The van der Waals surface area contributed by atoms with E-state index in [-0.39, 0.29) is 28.8 Å². The highest BCUT2D eigenvalue weighted by Gasteiger charge is 2.33. The van der Waals surface area contributed by atoms with E-state index in [1.54, 1.807) is 19.1 Å². The number of nitrogens with one attached hydrogen (secondary N) is 2. The minimum Gasteiger partial charge on any atom is -0.381 e. The van der Waals surface area contributed by atoms with Crippen LogP contribution in [-0.2, 0) is 20.9 Å². The Labute approximate surface area is 208 Å². The van der Waals surface area contributed by atoms with Crippen molar-refractivity contribution in [2.45, 2.75) is 65.5 Å². The Balaban J connectivity index is 0.000000420. The van der Waals surface area contributed by atoms with E-state index in [1.807, 2.05) is 37.3 Å². The predicted molar refractivity (Wildman–Crippen MR) is 138 cm³/mol. The molecule has 0 aromatic heterocycles. The van der Waals surface area contributed by atoms with Gasteiger partial charge < -0.3 is 15.4 Å². The third kappa shape index (κ3) is 8.32. The lowest BCUT2D eigenvalue weighted by atomic mass is 9.81. The van der Waals surface area contributed by atoms with Crippen molar-refractivity contribution in [1.82, 2.24) is 5.32 Å². The summed E-state index contributed by atoms with van der Waals surface area (Å²) >= 11 is 0. The molecule has 1 aliphatic carbocycles. The third-order valence-corrected chi connectivity index (χ3v) is 6.95. The minimum atomic E-state index is -0.411. The number of ether oxygens (including phenoxy) is 1. The first-order chi connectivity index (χ1) is 16.8. The number of hydrogen-bond acceptors (Lipinski definition) is 5. The van der Waals surface area contributed by atoms with Gasteiger partial charge >= 0.3 is 0 Å². The molecule has 2 atom stereocenters. The molecule has 6 heteroatoms. The number of Topliss-reactive ketones (excluding diaryl/α,β-unsaturated/α-hetero) is 2. The van der Waals surface area contributed by atoms with E-state index in [0.29, 0.717) is 18.8 Å². The fraction of sp³-hybridized carbons (Fsp3) is 0.483. The van der Waals surface area contributed by atoms with Crippen molar-refractivity contribution in [2.24, 2.45) is 11.3 Å². The van der Waals surface area contributed by atoms with Crippen LogP contribution in [0.5, 0.6) is 0 Å². The van der Waals surface area contributed by atoms with Crippen LogP contribution in [0.4, 0.5) is 5.69 Å². The highest BCUT2D eigenvalue weighted by Crippen LogP contribution is 2.41. The number of anilines is 1. The van der Waals surface area contributed by atoms with Gasteiger partial charge in [0.25, 0.3) is 5.91 Å². The van der Waals surface area contributed by atoms with Crippen molar-refractivity contribution in [3.8, 4) is 0 Å². The lowest BCUT2D eigenvalue weighted by Gasteiger charge is -2.28. The Kier molecular flexibility index (Phi) is 9.61. The van der Waals surface area contributed by atoms with Crippen LogP contribution in [0.25, 0.3) is 0 Å². The number of benzene rings is 2. The summed E-state index contributed by atoms with van der Waals surface area (Å²) in [4.78, 5) is 35.2. The zero-order chi connectivity index (χ0) is 25.3. The molecule has 2 fully saturated rings. The van der Waals surface area contributed by atoms with E-state index in [2.05, 4.69) is 29.7 Å². The van der Waals surface area contributed by atoms with Gasteiger partial charge in [0.1, 0.15) is 6.61 Å². The summed E-state index contributed by atoms with van der Waals surface area (Å²) in [6.45, 7) is 7.38. The number of rotatable bonds is 8. The summed E-state index contributed by atoms with van der Waals surface area (Å²) in [5.74, 6) is 0.235. The van der Waals surface area contributed by atoms with Crippen molar-refractivity contribution >= 4 is 23.2 Å². The normalized spacial score (nSPS) is 19.4. The first-order valence-corrected chi connectivity index (χ1v) is 12.6. The van der Waals surface area contributed by atoms with Crippen LogP contribution in [0.1, 0.15) is 68.8 Å². The number of carbonyl (C=O) groups excluding carboxylic acids is 3. The zero-order valence-corrected chi connectivity index (χ0v) is 21.1. The van der Waals surface area contributed by atoms with E-state index in [4.69, 9.17) is 4.74 Å². The topological polar surface area (TPSA) is 84.5 Å². The molecule has 1 heterocycles. The van der Waals surface area contributed by atoms with E-state index < -0.39 is 6.04 Å². The van der Waals surface area contributed by atoms with Crippen molar-refractivity contribution in [2.75, 3.05) is 18.5 Å². The molecule has 2 aromatic rings. The Hall–Kier alpha value is -2.99. The SMILES string of the molecule is CC(=O)[C@H](CC1(C)CCCC1)NC(=O)c1ccc(NCc2ccccc2)cc1.C[C@H]1COCC1=O. The predicted octanol–water partition coefficient (Wildman–Crippen LogP) is 5.18. The molecule has 1 saturated carbocycles. The fourth-order valence-electron chi connectivity index (χ4n) is 4.57. The third-order valence-electron chi connectivity index (χ3n) is 6.95. The standard InChI is InChI=1S/C24H30N2O2.C5H8O2/c1-18(27)22(16-24(2)14-6-7-15-24)26-23(28)20-10-12-21(13-11-20)25-17-19-8-4-3-5-9-19;1-4-2-7-3-5(4)6/h3-5,8-13,22,25H,6-7,14-17H2,1-2H3,(H,26,28);4H,2-3H2,1H3/t22-;4-/m00/s1. The van der Waals surface area contributed by atoms with Crippen molar-refractivity contribution in [3.05, 3.63) is 65.7 Å². The zero-order valence-electron chi connectivity index (χ0n) is 21.1. The summed E-state index contributed by atoms with van der Waals surface area (Å²) in [7, 11) is 0. The molecule has 188 valence electrons. The van der Waals surface area contributed by atoms with E-state index >= 15 is 0 Å². The molecule has 1 amide bonds. The monoisotopic (exact) mass is 478 g/mol. The molecule has 0 radical (unpaired) electrons. The van der Waals surface area contributed by atoms with Gasteiger partial charge in [0.05, 0.1) is 12.6 Å². The highest BCUT2D eigenvalue weighted by molar-refractivity contribution is 5.97. The van der Waals surface area contributed by atoms with Crippen LogP contribution in [0.3, 0.4) is 0 Å². The molecule has 6 nitrogen and oxygen atoms in total. The molecule has 2 N–H and O–H groups in total. The number of hydrogen-bond donors (Lipinski definition) is 2. The molecule has 4 rings (SSSR count). The average Bonchev–Trinajstić information content (AvgIpc) is 3.46. The van der Waals surface area contributed by atoms with Gasteiger partial charge in [0.2, 0.25) is 0 Å². The molecule has 0 unspecified atom stereocenters. The van der Waals surface area contributed by atoms with Crippen LogP contribution < -0.4 is 10.6 Å². The van der Waals surface area contributed by atoms with Crippen molar-refractivity contribution < 1.29 is 19.1 Å². The maximum absolute atomic E-state index is 12.6. The van der Waals surface area contributed by atoms with Gasteiger partial charge in [0, 0.05) is 23.7 Å². The van der Waals surface area contributed by atoms with Gasteiger partial charge in [-0.05, 0) is 61.4 Å². The van der Waals surface area contributed by atoms with Crippen LogP contribution in [0, 0.1) is 11.3 Å². The Morgan fingerprint density at radius 1 is 1.06 bits per heavy atom. The van der Waals surface area contributed by atoms with Gasteiger partial charge in [0.15, 0.2) is 11.6 Å². The lowest BCUT2D eigenvalue weighted by Crippen LogP contribution is -2.42. The van der Waals surface area contributed by atoms with Crippen LogP contribution in [-0.4, -0.2) is 36.7 Å². The smallest absolute Gasteiger partial charge is 0.251 e. The van der Waals surface area contributed by atoms with E-state index in [0.717, 1.165) is 31.5 Å². The largest absolute Gasteiger partial charge is 0.381 e. The second-order valence-corrected chi connectivity index (χ2v) is 10.2. The van der Waals surface area contributed by atoms with E-state index in [9.17, 15) is 14.4 Å². The lowest BCUT2D eigenvalue weighted by molar-refractivity contribution is -0.120. The summed E-state index contributed by atoms with van der Waals surface area (Å²) in [5.41, 5.74) is 2.90. The van der Waals surface area contributed by atoms with Crippen molar-refractivity contribution in [3.63, 3.8) is 0 Å². The van der Waals surface area contributed by atoms with Gasteiger partial charge in [-0.3, -0.25) is 14.4 Å². The first-order valence-electron chi connectivity index (χ1n) is 12.6. The Bertz CT molecular complexity index is 982. The number of carbonyl (C=O) groups is 3. The molecule has 2 aromatic carbocycles. The molecule has 35 heavy (non-hydrogen) atoms. The molecular weight excluding hydrogens is 440 g/mol. The second-order valence-electron chi connectivity index (χ2n) is 10.2. The maximum atomic E-state index is 12.6. The minimum absolute atomic E-state index is 0.0302. The number of amides is 1. The fourth-order valence-corrected chi connectivity index (χ4v) is 4.57. The quantitative estimate of drug-likeness (QED) is 0.546. The maximum Gasteiger partial charge on any atom is 0.251 e. The number of ketones is 2. The molecule has 0 bridgehead atoms. The molecule has 1 aliphatic heterocycles. The summed E-state index contributed by atoms with van der Waals surface area (Å²) < 4.78 is 4.82. The summed E-state index contributed by atoms with van der Waals surface area (Å²) in [6.07, 6.45) is 5.42.